The summed E-state index contributed by atoms with van der Waals surface area (Å²) in [4.78, 5) is 27.0. The van der Waals surface area contributed by atoms with Crippen LogP contribution in [0.15, 0.2) is 54.6 Å². The standard InChI is InChI=1S/C19H17NO2/c21-15-9-6-12-19(13-15)17-11-5-4-10-16(17)18(22)20(19)14-7-2-1-3-8-14/h1-5,7-8,10-11H,6,9,12-13H2. The van der Waals surface area contributed by atoms with E-state index in [0.717, 1.165) is 29.7 Å². The van der Waals surface area contributed by atoms with Gasteiger partial charge in [0, 0.05) is 24.1 Å². The van der Waals surface area contributed by atoms with Crippen LogP contribution in [0.2, 0.25) is 0 Å². The molecule has 1 atom stereocenters. The Bertz CT molecular complexity index is 753. The van der Waals surface area contributed by atoms with Crippen LogP contribution >= 0.6 is 0 Å². The molecule has 22 heavy (non-hydrogen) atoms. The molecule has 1 amide bonds. The highest BCUT2D eigenvalue weighted by atomic mass is 16.2. The lowest BCUT2D eigenvalue weighted by molar-refractivity contribution is -0.121. The van der Waals surface area contributed by atoms with E-state index in [1.165, 1.54) is 0 Å². The Morgan fingerprint density at radius 2 is 1.64 bits per heavy atom. The normalized spacial score (nSPS) is 23.9. The van der Waals surface area contributed by atoms with Gasteiger partial charge in [0.1, 0.15) is 5.78 Å². The third-order valence-corrected chi connectivity index (χ3v) is 4.84. The second-order valence-corrected chi connectivity index (χ2v) is 6.12. The van der Waals surface area contributed by atoms with Crippen molar-refractivity contribution in [1.29, 1.82) is 0 Å². The first-order chi connectivity index (χ1) is 10.7. The molecular weight excluding hydrogens is 274 g/mol. The van der Waals surface area contributed by atoms with Crippen LogP contribution in [0.5, 0.6) is 0 Å². The number of para-hydroxylation sites is 1. The number of hydrogen-bond donors (Lipinski definition) is 0. The maximum atomic E-state index is 13.0. The van der Waals surface area contributed by atoms with Gasteiger partial charge >= 0.3 is 0 Å². The number of fused-ring (bicyclic) bond motifs is 2. The van der Waals surface area contributed by atoms with E-state index in [4.69, 9.17) is 0 Å². The fraction of sp³-hybridized carbons (Fsp3) is 0.263. The predicted octanol–water partition coefficient (Wildman–Crippen LogP) is 3.69. The van der Waals surface area contributed by atoms with Crippen molar-refractivity contribution in [3.63, 3.8) is 0 Å². The quantitative estimate of drug-likeness (QED) is 0.803. The smallest absolute Gasteiger partial charge is 0.259 e. The highest BCUT2D eigenvalue weighted by Crippen LogP contribution is 2.49. The predicted molar refractivity (Wildman–Crippen MR) is 84.8 cm³/mol. The van der Waals surface area contributed by atoms with Crippen molar-refractivity contribution in [2.24, 2.45) is 0 Å². The van der Waals surface area contributed by atoms with E-state index in [-0.39, 0.29) is 11.7 Å². The fourth-order valence-electron chi connectivity index (χ4n) is 3.95. The first kappa shape index (κ1) is 13.3. The molecule has 0 saturated heterocycles. The summed E-state index contributed by atoms with van der Waals surface area (Å²) in [7, 11) is 0. The molecule has 2 aromatic rings. The molecule has 1 saturated carbocycles. The fourth-order valence-corrected chi connectivity index (χ4v) is 3.95. The molecule has 3 heteroatoms. The van der Waals surface area contributed by atoms with Crippen molar-refractivity contribution in [3.05, 3.63) is 65.7 Å². The molecule has 0 N–H and O–H groups in total. The lowest BCUT2D eigenvalue weighted by atomic mass is 9.76. The summed E-state index contributed by atoms with van der Waals surface area (Å²) in [5.41, 5.74) is 2.13. The van der Waals surface area contributed by atoms with Gasteiger partial charge in [0.25, 0.3) is 5.91 Å². The second-order valence-electron chi connectivity index (χ2n) is 6.12. The van der Waals surface area contributed by atoms with Crippen LogP contribution in [0.3, 0.4) is 0 Å². The molecule has 3 nitrogen and oxygen atoms in total. The Kier molecular flexibility index (Phi) is 2.89. The number of carbonyl (C=O) groups is 2. The first-order valence-electron chi connectivity index (χ1n) is 7.73. The van der Waals surface area contributed by atoms with E-state index in [1.807, 2.05) is 59.5 Å². The van der Waals surface area contributed by atoms with Gasteiger partial charge in [0.2, 0.25) is 0 Å². The molecule has 1 unspecified atom stereocenters. The summed E-state index contributed by atoms with van der Waals surface area (Å²) in [6, 6.07) is 17.4. The molecule has 1 aliphatic carbocycles. The highest BCUT2D eigenvalue weighted by Gasteiger charge is 2.52. The van der Waals surface area contributed by atoms with Crippen molar-refractivity contribution in [2.75, 3.05) is 4.90 Å². The number of anilines is 1. The Morgan fingerprint density at radius 1 is 0.909 bits per heavy atom. The van der Waals surface area contributed by atoms with Gasteiger partial charge in [-0.05, 0) is 36.6 Å². The molecule has 0 radical (unpaired) electrons. The molecule has 1 fully saturated rings. The molecule has 4 rings (SSSR count). The van der Waals surface area contributed by atoms with E-state index in [1.54, 1.807) is 0 Å². The van der Waals surface area contributed by atoms with Crippen molar-refractivity contribution >= 4 is 17.4 Å². The lowest BCUT2D eigenvalue weighted by Crippen LogP contribution is -2.47. The summed E-state index contributed by atoms with van der Waals surface area (Å²) in [5.74, 6) is 0.258. The summed E-state index contributed by atoms with van der Waals surface area (Å²) < 4.78 is 0. The van der Waals surface area contributed by atoms with E-state index in [2.05, 4.69) is 0 Å². The number of amides is 1. The van der Waals surface area contributed by atoms with E-state index >= 15 is 0 Å². The summed E-state index contributed by atoms with van der Waals surface area (Å²) in [6.07, 6.45) is 2.73. The van der Waals surface area contributed by atoms with Crippen LogP contribution < -0.4 is 4.90 Å². The molecule has 0 aromatic heterocycles. The summed E-state index contributed by atoms with van der Waals surface area (Å²) in [6.45, 7) is 0. The molecule has 1 heterocycles. The Balaban J connectivity index is 1.94. The lowest BCUT2D eigenvalue weighted by Gasteiger charge is -2.41. The van der Waals surface area contributed by atoms with Crippen LogP contribution in [0, 0.1) is 0 Å². The minimum absolute atomic E-state index is 0.0106. The van der Waals surface area contributed by atoms with Crippen LogP contribution in [0.4, 0.5) is 5.69 Å². The average molecular weight is 291 g/mol. The Morgan fingerprint density at radius 3 is 2.41 bits per heavy atom. The average Bonchev–Trinajstić information content (AvgIpc) is 2.77. The van der Waals surface area contributed by atoms with E-state index in [0.29, 0.717) is 12.8 Å². The molecule has 2 aliphatic rings. The first-order valence-corrected chi connectivity index (χ1v) is 7.73. The van der Waals surface area contributed by atoms with Gasteiger partial charge in [-0.15, -0.1) is 0 Å². The molecule has 2 aromatic carbocycles. The third-order valence-electron chi connectivity index (χ3n) is 4.84. The van der Waals surface area contributed by atoms with Crippen molar-refractivity contribution in [3.8, 4) is 0 Å². The SMILES string of the molecule is O=C1CCCC2(C1)c1ccccc1C(=O)N2c1ccccc1. The minimum Gasteiger partial charge on any atom is -0.300 e. The van der Waals surface area contributed by atoms with Crippen LogP contribution in [0.25, 0.3) is 0 Å². The monoisotopic (exact) mass is 291 g/mol. The number of carbonyl (C=O) groups excluding carboxylic acids is 2. The molecule has 0 bridgehead atoms. The van der Waals surface area contributed by atoms with Gasteiger partial charge in [-0.3, -0.25) is 14.5 Å². The number of benzene rings is 2. The van der Waals surface area contributed by atoms with Crippen LogP contribution in [-0.4, -0.2) is 11.7 Å². The van der Waals surface area contributed by atoms with Gasteiger partial charge < -0.3 is 0 Å². The largest absolute Gasteiger partial charge is 0.300 e. The maximum absolute atomic E-state index is 13.0. The van der Waals surface area contributed by atoms with Gasteiger partial charge in [-0.25, -0.2) is 0 Å². The molecular formula is C19H17NO2. The van der Waals surface area contributed by atoms with Crippen molar-refractivity contribution < 1.29 is 9.59 Å². The van der Waals surface area contributed by atoms with Crippen LogP contribution in [0.1, 0.15) is 41.6 Å². The number of rotatable bonds is 1. The summed E-state index contributed by atoms with van der Waals surface area (Å²) in [5, 5.41) is 0. The zero-order valence-electron chi connectivity index (χ0n) is 12.3. The molecule has 1 aliphatic heterocycles. The third kappa shape index (κ3) is 1.75. The zero-order valence-corrected chi connectivity index (χ0v) is 12.3. The van der Waals surface area contributed by atoms with Crippen LogP contribution in [-0.2, 0) is 10.3 Å². The van der Waals surface area contributed by atoms with E-state index in [9.17, 15) is 9.59 Å². The topological polar surface area (TPSA) is 37.4 Å². The van der Waals surface area contributed by atoms with Gasteiger partial charge in [-0.2, -0.15) is 0 Å². The van der Waals surface area contributed by atoms with Gasteiger partial charge in [-0.1, -0.05) is 36.4 Å². The summed E-state index contributed by atoms with van der Waals surface area (Å²) >= 11 is 0. The molecule has 110 valence electrons. The van der Waals surface area contributed by atoms with Crippen molar-refractivity contribution in [2.45, 2.75) is 31.2 Å². The molecule has 1 spiro atoms. The van der Waals surface area contributed by atoms with Gasteiger partial charge in [0.05, 0.1) is 5.54 Å². The number of nitrogens with zero attached hydrogens (tertiary/aromatic N) is 1. The second kappa shape index (κ2) is 4.80. The maximum Gasteiger partial charge on any atom is 0.259 e. The van der Waals surface area contributed by atoms with E-state index < -0.39 is 5.54 Å². The van der Waals surface area contributed by atoms with Crippen molar-refractivity contribution in [1.82, 2.24) is 0 Å². The number of ketones is 1. The highest BCUT2D eigenvalue weighted by molar-refractivity contribution is 6.12. The Labute approximate surface area is 129 Å². The number of Topliss-reactive ketones (excluding diaryl/α,β-unsaturated/α-hetero) is 1. The minimum atomic E-state index is -0.496. The Hall–Kier alpha value is -2.42. The van der Waals surface area contributed by atoms with Gasteiger partial charge in [0.15, 0.2) is 0 Å². The number of hydrogen-bond acceptors (Lipinski definition) is 2. The zero-order chi connectivity index (χ0) is 15.2.